The minimum absolute atomic E-state index is 0.127. The molecule has 0 bridgehead atoms. The summed E-state index contributed by atoms with van der Waals surface area (Å²) in [4.78, 5) is 9.57. The summed E-state index contributed by atoms with van der Waals surface area (Å²) in [6.45, 7) is 1.29. The summed E-state index contributed by atoms with van der Waals surface area (Å²) in [6, 6.07) is 7.99. The zero-order valence-corrected chi connectivity index (χ0v) is 13.8. The summed E-state index contributed by atoms with van der Waals surface area (Å²) in [5.41, 5.74) is 1.97. The van der Waals surface area contributed by atoms with E-state index in [0.29, 0.717) is 37.1 Å². The molecule has 5 nitrogen and oxygen atoms in total. The van der Waals surface area contributed by atoms with Gasteiger partial charge in [-0.3, -0.25) is 4.90 Å². The third kappa shape index (κ3) is 3.56. The van der Waals surface area contributed by atoms with Gasteiger partial charge in [-0.15, -0.1) is 0 Å². The number of hydrogen-bond donors (Lipinski definition) is 1. The highest BCUT2D eigenvalue weighted by molar-refractivity contribution is 5.93. The molecule has 0 amide bonds. The summed E-state index contributed by atoms with van der Waals surface area (Å²) in [5, 5.41) is 5.18. The molecule has 0 spiro atoms. The third-order valence-corrected chi connectivity index (χ3v) is 4.86. The lowest BCUT2D eigenvalue weighted by atomic mass is 9.93. The van der Waals surface area contributed by atoms with E-state index in [4.69, 9.17) is 4.52 Å². The standard InChI is InChI=1S/C18H20F2N4O/c19-16(20)11-24-7-5-12(6-8-24)9-17-22-18(23-25-17)14-10-21-15-4-2-1-3-13(14)15/h1-4,10,12,16,21H,5-9,11H2. The number of likely N-dealkylation sites (tertiary alicyclic amines) is 1. The van der Waals surface area contributed by atoms with Gasteiger partial charge in [0.15, 0.2) is 0 Å². The van der Waals surface area contributed by atoms with Crippen LogP contribution in [0.25, 0.3) is 22.3 Å². The topological polar surface area (TPSA) is 58.0 Å². The van der Waals surface area contributed by atoms with Crippen molar-refractivity contribution < 1.29 is 13.3 Å². The Morgan fingerprint density at radius 2 is 2.04 bits per heavy atom. The quantitative estimate of drug-likeness (QED) is 0.765. The Morgan fingerprint density at radius 1 is 1.24 bits per heavy atom. The SMILES string of the molecule is FC(F)CN1CCC(Cc2nc(-c3c[nH]c4ccccc34)no2)CC1. The number of rotatable bonds is 5. The van der Waals surface area contributed by atoms with E-state index in [1.54, 1.807) is 0 Å². The van der Waals surface area contributed by atoms with Crippen molar-refractivity contribution in [2.45, 2.75) is 25.7 Å². The van der Waals surface area contributed by atoms with Gasteiger partial charge in [-0.25, -0.2) is 8.78 Å². The van der Waals surface area contributed by atoms with E-state index in [-0.39, 0.29) is 6.54 Å². The fraction of sp³-hybridized carbons (Fsp3) is 0.444. The number of halogens is 2. The van der Waals surface area contributed by atoms with E-state index in [1.807, 2.05) is 35.4 Å². The van der Waals surface area contributed by atoms with Crippen LogP contribution in [0.5, 0.6) is 0 Å². The number of aromatic amines is 1. The van der Waals surface area contributed by atoms with Gasteiger partial charge in [0.1, 0.15) is 0 Å². The molecule has 1 N–H and O–H groups in total. The van der Waals surface area contributed by atoms with E-state index in [0.717, 1.165) is 29.3 Å². The highest BCUT2D eigenvalue weighted by atomic mass is 19.3. The number of alkyl halides is 2. The number of hydrogen-bond acceptors (Lipinski definition) is 4. The molecule has 1 saturated heterocycles. The van der Waals surface area contributed by atoms with Crippen molar-refractivity contribution in [3.63, 3.8) is 0 Å². The van der Waals surface area contributed by atoms with Crippen molar-refractivity contribution in [1.29, 1.82) is 0 Å². The third-order valence-electron chi connectivity index (χ3n) is 4.86. The minimum Gasteiger partial charge on any atom is -0.360 e. The first-order valence-corrected chi connectivity index (χ1v) is 8.58. The lowest BCUT2D eigenvalue weighted by Crippen LogP contribution is -2.37. The predicted octanol–water partition coefficient (Wildman–Crippen LogP) is 3.74. The van der Waals surface area contributed by atoms with E-state index in [2.05, 4.69) is 15.1 Å². The van der Waals surface area contributed by atoms with Gasteiger partial charge < -0.3 is 9.51 Å². The largest absolute Gasteiger partial charge is 0.360 e. The smallest absolute Gasteiger partial charge is 0.251 e. The molecule has 0 aliphatic carbocycles. The zero-order valence-electron chi connectivity index (χ0n) is 13.8. The van der Waals surface area contributed by atoms with Gasteiger partial charge in [-0.2, -0.15) is 4.98 Å². The normalized spacial score (nSPS) is 16.9. The molecule has 1 aromatic carbocycles. The minimum atomic E-state index is -2.26. The molecule has 3 heterocycles. The summed E-state index contributed by atoms with van der Waals surface area (Å²) in [5.74, 6) is 1.61. The maximum Gasteiger partial charge on any atom is 0.251 e. The van der Waals surface area contributed by atoms with Crippen LogP contribution in [0.1, 0.15) is 18.7 Å². The summed E-state index contributed by atoms with van der Waals surface area (Å²) >= 11 is 0. The average Bonchev–Trinajstić information content (AvgIpc) is 3.22. The second-order valence-corrected chi connectivity index (χ2v) is 6.60. The molecule has 1 aliphatic heterocycles. The molecule has 25 heavy (non-hydrogen) atoms. The zero-order chi connectivity index (χ0) is 17.2. The first kappa shape index (κ1) is 16.2. The van der Waals surface area contributed by atoms with Crippen LogP contribution in [-0.4, -0.2) is 46.1 Å². The number of piperidine rings is 1. The molecule has 4 rings (SSSR count). The molecule has 0 unspecified atom stereocenters. The van der Waals surface area contributed by atoms with Crippen LogP contribution in [0.4, 0.5) is 8.78 Å². The number of nitrogens with one attached hydrogen (secondary N) is 1. The number of H-pyrrole nitrogens is 1. The lowest BCUT2D eigenvalue weighted by molar-refractivity contribution is 0.0681. The van der Waals surface area contributed by atoms with Crippen LogP contribution in [-0.2, 0) is 6.42 Å². The average molecular weight is 346 g/mol. The fourth-order valence-corrected chi connectivity index (χ4v) is 3.52. The second-order valence-electron chi connectivity index (χ2n) is 6.60. The van der Waals surface area contributed by atoms with Crippen LogP contribution in [0.15, 0.2) is 35.0 Å². The van der Waals surface area contributed by atoms with Crippen LogP contribution < -0.4 is 0 Å². The van der Waals surface area contributed by atoms with E-state index < -0.39 is 6.43 Å². The molecule has 1 aliphatic rings. The number of aromatic nitrogens is 3. The van der Waals surface area contributed by atoms with Gasteiger partial charge in [-0.05, 0) is 37.9 Å². The lowest BCUT2D eigenvalue weighted by Gasteiger charge is -2.30. The van der Waals surface area contributed by atoms with Crippen molar-refractivity contribution >= 4 is 10.9 Å². The molecule has 0 radical (unpaired) electrons. The number of benzene rings is 1. The van der Waals surface area contributed by atoms with Crippen molar-refractivity contribution in [2.24, 2.45) is 5.92 Å². The van der Waals surface area contributed by atoms with Gasteiger partial charge in [0, 0.05) is 29.1 Å². The van der Waals surface area contributed by atoms with Crippen molar-refractivity contribution in [3.05, 3.63) is 36.4 Å². The van der Waals surface area contributed by atoms with Crippen LogP contribution >= 0.6 is 0 Å². The predicted molar refractivity (Wildman–Crippen MR) is 90.5 cm³/mol. The molecule has 2 aromatic heterocycles. The Bertz CT molecular complexity index is 836. The van der Waals surface area contributed by atoms with Crippen LogP contribution in [0, 0.1) is 5.92 Å². The number of para-hydroxylation sites is 1. The van der Waals surface area contributed by atoms with E-state index in [9.17, 15) is 8.78 Å². The number of nitrogens with zero attached hydrogens (tertiary/aromatic N) is 3. The fourth-order valence-electron chi connectivity index (χ4n) is 3.52. The maximum absolute atomic E-state index is 12.4. The highest BCUT2D eigenvalue weighted by Gasteiger charge is 2.23. The molecule has 1 fully saturated rings. The Morgan fingerprint density at radius 3 is 2.84 bits per heavy atom. The Labute approximate surface area is 144 Å². The van der Waals surface area contributed by atoms with Gasteiger partial charge >= 0.3 is 0 Å². The van der Waals surface area contributed by atoms with Crippen molar-refractivity contribution in [1.82, 2.24) is 20.0 Å². The summed E-state index contributed by atoms with van der Waals surface area (Å²) in [6.07, 6.45) is 2.11. The van der Waals surface area contributed by atoms with E-state index in [1.165, 1.54) is 0 Å². The first-order valence-electron chi connectivity index (χ1n) is 8.58. The number of fused-ring (bicyclic) bond motifs is 1. The Hall–Kier alpha value is -2.28. The highest BCUT2D eigenvalue weighted by Crippen LogP contribution is 2.27. The molecular formula is C18H20F2N4O. The van der Waals surface area contributed by atoms with Crippen molar-refractivity contribution in [2.75, 3.05) is 19.6 Å². The second kappa shape index (κ2) is 6.92. The molecule has 7 heteroatoms. The molecule has 0 atom stereocenters. The monoisotopic (exact) mass is 346 g/mol. The van der Waals surface area contributed by atoms with Gasteiger partial charge in [0.25, 0.3) is 6.43 Å². The van der Waals surface area contributed by atoms with Crippen LogP contribution in [0.2, 0.25) is 0 Å². The molecular weight excluding hydrogens is 326 g/mol. The summed E-state index contributed by atoms with van der Waals surface area (Å²) in [7, 11) is 0. The molecule has 3 aromatic rings. The maximum atomic E-state index is 12.4. The molecule has 0 saturated carbocycles. The molecule has 132 valence electrons. The van der Waals surface area contributed by atoms with E-state index >= 15 is 0 Å². The Kier molecular flexibility index (Phi) is 4.48. The van der Waals surface area contributed by atoms with Crippen LogP contribution in [0.3, 0.4) is 0 Å². The van der Waals surface area contributed by atoms with Gasteiger partial charge in [0.05, 0.1) is 6.54 Å². The van der Waals surface area contributed by atoms with Gasteiger partial charge in [0.2, 0.25) is 11.7 Å². The Balaban J connectivity index is 1.41. The first-order chi connectivity index (χ1) is 12.2. The van der Waals surface area contributed by atoms with Gasteiger partial charge in [-0.1, -0.05) is 23.4 Å². The van der Waals surface area contributed by atoms with Crippen molar-refractivity contribution in [3.8, 4) is 11.4 Å². The summed E-state index contributed by atoms with van der Waals surface area (Å²) < 4.78 is 30.3.